The van der Waals surface area contributed by atoms with Crippen LogP contribution in [0.15, 0.2) is 35.6 Å². The standard InChI is InChI=1S/C12H19FIN3O/c1-7(13)5-9(6-8(2)15)18-10-3-4-17-12(16)11(10)14/h3,5-6,8,11-12,17H,4,15-16H2,1-2H3/b7-5+,9-6+. The summed E-state index contributed by atoms with van der Waals surface area (Å²) < 4.78 is 18.7. The Hall–Kier alpha value is -0.440. The molecule has 0 fully saturated rings. The first-order valence-electron chi connectivity index (χ1n) is 5.72. The van der Waals surface area contributed by atoms with Gasteiger partial charge in [-0.25, -0.2) is 4.39 Å². The molecule has 0 aromatic carbocycles. The van der Waals surface area contributed by atoms with Gasteiger partial charge in [-0.05, 0) is 26.0 Å². The van der Waals surface area contributed by atoms with E-state index in [9.17, 15) is 4.39 Å². The molecule has 18 heavy (non-hydrogen) atoms. The van der Waals surface area contributed by atoms with Crippen LogP contribution in [0.1, 0.15) is 13.8 Å². The molecule has 1 rings (SSSR count). The molecule has 3 unspecified atom stereocenters. The van der Waals surface area contributed by atoms with Gasteiger partial charge >= 0.3 is 0 Å². The van der Waals surface area contributed by atoms with Gasteiger partial charge in [-0.2, -0.15) is 0 Å². The third-order valence-corrected chi connectivity index (χ3v) is 3.64. The summed E-state index contributed by atoms with van der Waals surface area (Å²) in [4.78, 5) is 0. The Morgan fingerprint density at radius 2 is 2.39 bits per heavy atom. The molecule has 0 aromatic rings. The van der Waals surface area contributed by atoms with E-state index in [2.05, 4.69) is 27.9 Å². The summed E-state index contributed by atoms with van der Waals surface area (Å²) in [5.41, 5.74) is 11.5. The third kappa shape index (κ3) is 5.05. The van der Waals surface area contributed by atoms with Crippen LogP contribution in [0, 0.1) is 0 Å². The van der Waals surface area contributed by atoms with Crippen LogP contribution in [0.2, 0.25) is 0 Å². The monoisotopic (exact) mass is 367 g/mol. The lowest BCUT2D eigenvalue weighted by Gasteiger charge is -2.26. The Kier molecular flexibility index (Phi) is 6.27. The smallest absolute Gasteiger partial charge is 0.127 e. The number of hydrogen-bond acceptors (Lipinski definition) is 4. The Morgan fingerprint density at radius 3 is 2.94 bits per heavy atom. The summed E-state index contributed by atoms with van der Waals surface area (Å²) in [6.45, 7) is 3.80. The fraction of sp³-hybridized carbons (Fsp3) is 0.500. The number of hydrogen-bond donors (Lipinski definition) is 3. The Labute approximate surface area is 120 Å². The molecule has 4 nitrogen and oxygen atoms in total. The Bertz CT molecular complexity index is 376. The summed E-state index contributed by atoms with van der Waals surface area (Å²) in [6.07, 6.45) is 4.72. The molecule has 5 N–H and O–H groups in total. The fourth-order valence-electron chi connectivity index (χ4n) is 1.49. The van der Waals surface area contributed by atoms with Gasteiger partial charge in [0.25, 0.3) is 0 Å². The Morgan fingerprint density at radius 1 is 1.72 bits per heavy atom. The van der Waals surface area contributed by atoms with Crippen molar-refractivity contribution in [2.75, 3.05) is 6.54 Å². The highest BCUT2D eigenvalue weighted by molar-refractivity contribution is 14.1. The molecule has 0 saturated carbocycles. The number of halogens is 2. The van der Waals surface area contributed by atoms with Crippen molar-refractivity contribution < 1.29 is 9.13 Å². The van der Waals surface area contributed by atoms with Gasteiger partial charge in [0.05, 0.1) is 10.1 Å². The predicted molar refractivity (Wildman–Crippen MR) is 79.6 cm³/mol. The van der Waals surface area contributed by atoms with Gasteiger partial charge in [0, 0.05) is 18.7 Å². The number of alkyl halides is 1. The SMILES string of the molecule is C/C(F)=C\C(=C/C(C)N)OC1=CCNC(N)C1I. The van der Waals surface area contributed by atoms with Gasteiger partial charge < -0.3 is 16.2 Å². The second-order valence-corrected chi connectivity index (χ2v) is 5.55. The summed E-state index contributed by atoms with van der Waals surface area (Å²) in [6, 6.07) is -0.209. The highest BCUT2D eigenvalue weighted by atomic mass is 127. The van der Waals surface area contributed by atoms with Crippen LogP contribution in [-0.2, 0) is 4.74 Å². The van der Waals surface area contributed by atoms with E-state index >= 15 is 0 Å². The number of nitrogens with one attached hydrogen (secondary N) is 1. The van der Waals surface area contributed by atoms with Crippen LogP contribution in [0.5, 0.6) is 0 Å². The maximum atomic E-state index is 13.0. The van der Waals surface area contributed by atoms with Gasteiger partial charge in [-0.1, -0.05) is 22.6 Å². The molecule has 6 heteroatoms. The zero-order valence-electron chi connectivity index (χ0n) is 10.5. The van der Waals surface area contributed by atoms with E-state index in [0.29, 0.717) is 12.3 Å². The van der Waals surface area contributed by atoms with Crippen LogP contribution >= 0.6 is 22.6 Å². The molecule has 0 radical (unpaired) electrons. The molecular weight excluding hydrogens is 348 g/mol. The van der Waals surface area contributed by atoms with Crippen LogP contribution < -0.4 is 16.8 Å². The molecule has 0 aromatic heterocycles. The second-order valence-electron chi connectivity index (χ2n) is 4.20. The molecule has 0 bridgehead atoms. The van der Waals surface area contributed by atoms with E-state index in [4.69, 9.17) is 16.2 Å². The number of allylic oxidation sites excluding steroid dienone is 2. The van der Waals surface area contributed by atoms with E-state index in [1.54, 1.807) is 13.0 Å². The zero-order valence-corrected chi connectivity index (χ0v) is 12.6. The number of nitrogens with two attached hydrogens (primary N) is 2. The molecule has 0 aliphatic carbocycles. The van der Waals surface area contributed by atoms with Gasteiger partial charge in [0.15, 0.2) is 0 Å². The van der Waals surface area contributed by atoms with Gasteiger partial charge in [-0.3, -0.25) is 5.32 Å². The van der Waals surface area contributed by atoms with Crippen LogP contribution in [-0.4, -0.2) is 22.7 Å². The van der Waals surface area contributed by atoms with Crippen LogP contribution in [0.4, 0.5) is 4.39 Å². The lowest BCUT2D eigenvalue weighted by atomic mass is 10.2. The van der Waals surface area contributed by atoms with Crippen molar-refractivity contribution in [2.24, 2.45) is 11.5 Å². The van der Waals surface area contributed by atoms with E-state index in [1.807, 2.05) is 6.08 Å². The topological polar surface area (TPSA) is 73.3 Å². The van der Waals surface area contributed by atoms with Crippen molar-refractivity contribution in [3.63, 3.8) is 0 Å². The normalized spacial score (nSPS) is 27.8. The molecule has 1 aliphatic heterocycles. The lowest BCUT2D eigenvalue weighted by molar-refractivity contribution is 0.285. The van der Waals surface area contributed by atoms with E-state index < -0.39 is 0 Å². The summed E-state index contributed by atoms with van der Waals surface area (Å²) in [7, 11) is 0. The summed E-state index contributed by atoms with van der Waals surface area (Å²) >= 11 is 2.19. The van der Waals surface area contributed by atoms with Crippen molar-refractivity contribution in [3.05, 3.63) is 35.6 Å². The fourth-order valence-corrected chi connectivity index (χ4v) is 2.13. The van der Waals surface area contributed by atoms with E-state index in [0.717, 1.165) is 5.76 Å². The molecular formula is C12H19FIN3O. The molecule has 3 atom stereocenters. The lowest BCUT2D eigenvalue weighted by Crippen LogP contribution is -2.48. The minimum Gasteiger partial charge on any atom is -0.461 e. The van der Waals surface area contributed by atoms with Crippen LogP contribution in [0.3, 0.4) is 0 Å². The quantitative estimate of drug-likeness (QED) is 0.306. The maximum absolute atomic E-state index is 13.0. The number of ether oxygens (including phenoxy) is 1. The average Bonchev–Trinajstić information content (AvgIpc) is 2.23. The molecule has 102 valence electrons. The minimum absolute atomic E-state index is 0.00106. The summed E-state index contributed by atoms with van der Waals surface area (Å²) in [5, 5.41) is 3.10. The van der Waals surface area contributed by atoms with Crippen molar-refractivity contribution >= 4 is 22.6 Å². The van der Waals surface area contributed by atoms with Gasteiger partial charge in [0.2, 0.25) is 0 Å². The van der Waals surface area contributed by atoms with Crippen molar-refractivity contribution in [1.29, 1.82) is 0 Å². The first kappa shape index (κ1) is 15.6. The molecule has 1 aliphatic rings. The van der Waals surface area contributed by atoms with E-state index in [1.165, 1.54) is 13.0 Å². The average molecular weight is 367 g/mol. The number of rotatable bonds is 4. The Balaban J connectivity index is 2.84. The molecule has 0 saturated heterocycles. The molecule has 0 amide bonds. The predicted octanol–water partition coefficient (Wildman–Crippen LogP) is 1.68. The molecule has 1 heterocycles. The first-order chi connectivity index (χ1) is 8.40. The van der Waals surface area contributed by atoms with Gasteiger partial charge in [0.1, 0.15) is 17.3 Å². The van der Waals surface area contributed by atoms with Crippen LogP contribution in [0.25, 0.3) is 0 Å². The minimum atomic E-state index is -0.328. The first-order valence-corrected chi connectivity index (χ1v) is 6.97. The maximum Gasteiger partial charge on any atom is 0.127 e. The third-order valence-electron chi connectivity index (χ3n) is 2.25. The van der Waals surface area contributed by atoms with E-state index in [-0.39, 0.29) is 22.0 Å². The second kappa shape index (κ2) is 7.22. The largest absolute Gasteiger partial charge is 0.461 e. The van der Waals surface area contributed by atoms with Crippen molar-refractivity contribution in [2.45, 2.75) is 30.0 Å². The summed E-state index contributed by atoms with van der Waals surface area (Å²) in [5.74, 6) is 0.809. The highest BCUT2D eigenvalue weighted by Crippen LogP contribution is 2.23. The zero-order chi connectivity index (χ0) is 13.7. The molecule has 0 spiro atoms. The van der Waals surface area contributed by atoms with Crippen molar-refractivity contribution in [3.8, 4) is 0 Å². The van der Waals surface area contributed by atoms with Gasteiger partial charge in [-0.15, -0.1) is 0 Å². The highest BCUT2D eigenvalue weighted by Gasteiger charge is 2.24. The van der Waals surface area contributed by atoms with Crippen molar-refractivity contribution in [1.82, 2.24) is 5.32 Å².